The molecule has 6 nitrogen and oxygen atoms in total. The summed E-state index contributed by atoms with van der Waals surface area (Å²) < 4.78 is 18.1. The maximum absolute atomic E-state index is 14.1. The first-order valence-corrected chi connectivity index (χ1v) is 9.68. The van der Waals surface area contributed by atoms with Gasteiger partial charge in [-0.3, -0.25) is 14.2 Å². The second-order valence-electron chi connectivity index (χ2n) is 6.46. The van der Waals surface area contributed by atoms with Crippen LogP contribution in [0.3, 0.4) is 0 Å². The van der Waals surface area contributed by atoms with Crippen LogP contribution in [0, 0.1) is 5.82 Å². The topological polar surface area (TPSA) is 68.9 Å². The number of aryl methyl sites for hydroxylation is 1. The average molecular weight is 455 g/mol. The van der Waals surface area contributed by atoms with Gasteiger partial charge < -0.3 is 9.88 Å². The molecule has 2 heterocycles. The van der Waals surface area contributed by atoms with E-state index < -0.39 is 11.7 Å². The van der Waals surface area contributed by atoms with E-state index in [1.807, 2.05) is 35.2 Å². The molecule has 4 aromatic rings. The zero-order valence-electron chi connectivity index (χ0n) is 15.2. The van der Waals surface area contributed by atoms with Gasteiger partial charge in [0.1, 0.15) is 5.82 Å². The van der Waals surface area contributed by atoms with Crippen molar-refractivity contribution < 1.29 is 9.18 Å². The number of halogens is 2. The normalized spacial score (nSPS) is 11.0. The van der Waals surface area contributed by atoms with Crippen LogP contribution in [0.5, 0.6) is 0 Å². The maximum Gasteiger partial charge on any atom is 0.261 e. The van der Waals surface area contributed by atoms with Crippen LogP contribution in [0.15, 0.2) is 76.5 Å². The molecule has 0 fully saturated rings. The van der Waals surface area contributed by atoms with Gasteiger partial charge >= 0.3 is 0 Å². The fourth-order valence-corrected chi connectivity index (χ4v) is 3.36. The Morgan fingerprint density at radius 3 is 2.72 bits per heavy atom. The molecular formula is C21H16BrFN4O2. The number of fused-ring (bicyclic) bond motifs is 1. The zero-order chi connectivity index (χ0) is 20.4. The SMILES string of the molecule is O=C(CCn1cnc2ccc(Br)cc2c1=O)Nc1cc(-n2cccc2)ccc1F. The van der Waals surface area contributed by atoms with Gasteiger partial charge in [-0.25, -0.2) is 9.37 Å². The van der Waals surface area contributed by atoms with Crippen molar-refractivity contribution in [1.82, 2.24) is 14.1 Å². The summed E-state index contributed by atoms with van der Waals surface area (Å²) in [5.74, 6) is -0.918. The third-order valence-corrected chi connectivity index (χ3v) is 4.99. The largest absolute Gasteiger partial charge is 0.324 e. The summed E-state index contributed by atoms with van der Waals surface area (Å²) in [7, 11) is 0. The van der Waals surface area contributed by atoms with E-state index in [1.54, 1.807) is 24.3 Å². The molecule has 1 N–H and O–H groups in total. The Morgan fingerprint density at radius 2 is 1.93 bits per heavy atom. The molecule has 0 atom stereocenters. The van der Waals surface area contributed by atoms with Crippen molar-refractivity contribution in [1.29, 1.82) is 0 Å². The average Bonchev–Trinajstić information content (AvgIpc) is 3.24. The molecule has 29 heavy (non-hydrogen) atoms. The number of carbonyl (C=O) groups is 1. The minimum absolute atomic E-state index is 0.00822. The third-order valence-electron chi connectivity index (χ3n) is 4.49. The number of anilines is 1. The molecule has 4 rings (SSSR count). The Hall–Kier alpha value is -3.26. The second kappa shape index (κ2) is 8.00. The predicted octanol–water partition coefficient (Wildman–Crippen LogP) is 4.12. The molecule has 0 saturated carbocycles. The summed E-state index contributed by atoms with van der Waals surface area (Å²) in [6.07, 6.45) is 5.08. The molecule has 0 bridgehead atoms. The molecule has 8 heteroatoms. The fraction of sp³-hybridized carbons (Fsp3) is 0.0952. The van der Waals surface area contributed by atoms with Gasteiger partial charge in [0, 0.05) is 35.5 Å². The van der Waals surface area contributed by atoms with E-state index in [1.165, 1.54) is 17.0 Å². The fourth-order valence-electron chi connectivity index (χ4n) is 3.00. The summed E-state index contributed by atoms with van der Waals surface area (Å²) in [4.78, 5) is 29.2. The van der Waals surface area contributed by atoms with Crippen molar-refractivity contribution in [2.75, 3.05) is 5.32 Å². The highest BCUT2D eigenvalue weighted by Gasteiger charge is 2.11. The highest BCUT2D eigenvalue weighted by molar-refractivity contribution is 9.10. The molecule has 0 unspecified atom stereocenters. The molecule has 0 aliphatic carbocycles. The first kappa shape index (κ1) is 19.1. The summed E-state index contributed by atoms with van der Waals surface area (Å²) in [5.41, 5.74) is 1.18. The summed E-state index contributed by atoms with van der Waals surface area (Å²) in [5, 5.41) is 3.04. The molecule has 0 radical (unpaired) electrons. The number of aromatic nitrogens is 3. The van der Waals surface area contributed by atoms with Crippen molar-refractivity contribution in [3.8, 4) is 5.69 Å². The summed E-state index contributed by atoms with van der Waals surface area (Å²) in [6.45, 7) is 0.138. The lowest BCUT2D eigenvalue weighted by Gasteiger charge is -2.10. The molecule has 1 amide bonds. The van der Waals surface area contributed by atoms with Gasteiger partial charge in [0.2, 0.25) is 5.91 Å². The standard InChI is InChI=1S/C21H16BrFN4O2/c22-14-3-6-18-16(11-14)21(29)27(13-24-18)10-7-20(28)25-19-12-15(4-5-17(19)23)26-8-1-2-9-26/h1-6,8-9,11-13H,7,10H2,(H,25,28). The van der Waals surface area contributed by atoms with Gasteiger partial charge in [-0.05, 0) is 48.5 Å². The van der Waals surface area contributed by atoms with Crippen LogP contribution in [-0.4, -0.2) is 20.0 Å². The van der Waals surface area contributed by atoms with Gasteiger partial charge in [-0.15, -0.1) is 0 Å². The van der Waals surface area contributed by atoms with Gasteiger partial charge in [0.15, 0.2) is 0 Å². The minimum Gasteiger partial charge on any atom is -0.324 e. The number of rotatable bonds is 5. The third kappa shape index (κ3) is 4.12. The molecular weight excluding hydrogens is 439 g/mol. The molecule has 146 valence electrons. The number of nitrogens with zero attached hydrogens (tertiary/aromatic N) is 3. The monoisotopic (exact) mass is 454 g/mol. The quantitative estimate of drug-likeness (QED) is 0.493. The molecule has 0 saturated heterocycles. The zero-order valence-corrected chi connectivity index (χ0v) is 16.8. The lowest BCUT2D eigenvalue weighted by atomic mass is 10.2. The van der Waals surface area contributed by atoms with Crippen molar-refractivity contribution in [2.45, 2.75) is 13.0 Å². The van der Waals surface area contributed by atoms with Gasteiger partial charge in [-0.2, -0.15) is 0 Å². The van der Waals surface area contributed by atoms with Crippen molar-refractivity contribution in [3.05, 3.63) is 87.9 Å². The van der Waals surface area contributed by atoms with Crippen molar-refractivity contribution in [3.63, 3.8) is 0 Å². The molecule has 0 spiro atoms. The smallest absolute Gasteiger partial charge is 0.261 e. The Morgan fingerprint density at radius 1 is 1.14 bits per heavy atom. The number of benzene rings is 2. The first-order valence-electron chi connectivity index (χ1n) is 8.89. The van der Waals surface area contributed by atoms with E-state index in [2.05, 4.69) is 26.2 Å². The number of amides is 1. The van der Waals surface area contributed by atoms with E-state index in [0.717, 1.165) is 10.2 Å². The molecule has 0 aliphatic rings. The Balaban J connectivity index is 1.48. The van der Waals surface area contributed by atoms with E-state index in [-0.39, 0.29) is 24.2 Å². The molecule has 2 aromatic heterocycles. The van der Waals surface area contributed by atoms with E-state index in [9.17, 15) is 14.0 Å². The Labute approximate surface area is 173 Å². The molecule has 2 aromatic carbocycles. The lowest BCUT2D eigenvalue weighted by Crippen LogP contribution is -2.24. The molecule has 0 aliphatic heterocycles. The number of hydrogen-bond acceptors (Lipinski definition) is 3. The highest BCUT2D eigenvalue weighted by atomic mass is 79.9. The summed E-state index contributed by atoms with van der Waals surface area (Å²) in [6, 6.07) is 13.5. The minimum atomic E-state index is -0.524. The van der Waals surface area contributed by atoms with Crippen LogP contribution in [0.1, 0.15) is 6.42 Å². The van der Waals surface area contributed by atoms with Crippen molar-refractivity contribution in [2.24, 2.45) is 0 Å². The van der Waals surface area contributed by atoms with Gasteiger partial charge in [0.05, 0.1) is 22.9 Å². The Bertz CT molecular complexity index is 1250. The van der Waals surface area contributed by atoms with E-state index >= 15 is 0 Å². The van der Waals surface area contributed by atoms with Crippen LogP contribution < -0.4 is 10.9 Å². The van der Waals surface area contributed by atoms with E-state index in [0.29, 0.717) is 10.9 Å². The van der Waals surface area contributed by atoms with Crippen molar-refractivity contribution >= 4 is 38.4 Å². The van der Waals surface area contributed by atoms with E-state index in [4.69, 9.17) is 0 Å². The first-order chi connectivity index (χ1) is 14.0. The number of nitrogens with one attached hydrogen (secondary N) is 1. The van der Waals surface area contributed by atoms with Crippen LogP contribution in [0.25, 0.3) is 16.6 Å². The van der Waals surface area contributed by atoms with Gasteiger partial charge in [-0.1, -0.05) is 15.9 Å². The predicted molar refractivity (Wildman–Crippen MR) is 113 cm³/mol. The highest BCUT2D eigenvalue weighted by Crippen LogP contribution is 2.19. The Kier molecular flexibility index (Phi) is 5.26. The summed E-state index contributed by atoms with van der Waals surface area (Å²) >= 11 is 3.34. The maximum atomic E-state index is 14.1. The number of hydrogen-bond donors (Lipinski definition) is 1. The van der Waals surface area contributed by atoms with Crippen LogP contribution in [0.4, 0.5) is 10.1 Å². The number of carbonyl (C=O) groups excluding carboxylic acids is 1. The van der Waals surface area contributed by atoms with Crippen LogP contribution >= 0.6 is 15.9 Å². The van der Waals surface area contributed by atoms with Crippen LogP contribution in [0.2, 0.25) is 0 Å². The lowest BCUT2D eigenvalue weighted by molar-refractivity contribution is -0.116. The second-order valence-corrected chi connectivity index (χ2v) is 7.37. The van der Waals surface area contributed by atoms with Gasteiger partial charge in [0.25, 0.3) is 5.56 Å². The van der Waals surface area contributed by atoms with Crippen LogP contribution in [-0.2, 0) is 11.3 Å².